The van der Waals surface area contributed by atoms with Crippen molar-refractivity contribution < 1.29 is 22.7 Å². The number of amides is 2. The largest absolute Gasteiger partial charge is 0.495 e. The first-order chi connectivity index (χ1) is 19.7. The molecule has 2 amide bonds. The van der Waals surface area contributed by atoms with Gasteiger partial charge in [0.25, 0.3) is 10.0 Å². The Morgan fingerprint density at radius 2 is 1.61 bits per heavy atom. The lowest BCUT2D eigenvalue weighted by Crippen LogP contribution is -2.53. The summed E-state index contributed by atoms with van der Waals surface area (Å²) in [7, 11) is -2.70. The van der Waals surface area contributed by atoms with E-state index in [4.69, 9.17) is 4.74 Å². The molecule has 218 valence electrons. The number of carbonyl (C=O) groups is 2. The molecule has 4 rings (SSSR count). The van der Waals surface area contributed by atoms with Gasteiger partial charge in [0.15, 0.2) is 0 Å². The Kier molecular flexibility index (Phi) is 10.0. The van der Waals surface area contributed by atoms with Gasteiger partial charge < -0.3 is 15.0 Å². The van der Waals surface area contributed by atoms with E-state index in [0.29, 0.717) is 12.2 Å². The highest BCUT2D eigenvalue weighted by molar-refractivity contribution is 7.92. The van der Waals surface area contributed by atoms with Crippen LogP contribution in [0.2, 0.25) is 0 Å². The minimum absolute atomic E-state index is 0.0548. The molecule has 1 atom stereocenters. The zero-order valence-electron chi connectivity index (χ0n) is 24.0. The van der Waals surface area contributed by atoms with Gasteiger partial charge in [-0.25, -0.2) is 8.42 Å². The fraction of sp³-hybridized carbons (Fsp3) is 0.375. The first kappa shape index (κ1) is 30.1. The second kappa shape index (κ2) is 13.7. The van der Waals surface area contributed by atoms with Gasteiger partial charge in [-0.2, -0.15) is 0 Å². The van der Waals surface area contributed by atoms with Crippen LogP contribution in [0.5, 0.6) is 5.75 Å². The minimum atomic E-state index is -4.16. The Morgan fingerprint density at radius 3 is 2.24 bits per heavy atom. The quantitative estimate of drug-likeness (QED) is 0.336. The topological polar surface area (TPSA) is 96.0 Å². The summed E-state index contributed by atoms with van der Waals surface area (Å²) in [5.74, 6) is -0.382. The van der Waals surface area contributed by atoms with Crippen LogP contribution in [0.1, 0.15) is 43.7 Å². The lowest BCUT2D eigenvalue weighted by Gasteiger charge is -2.33. The highest BCUT2D eigenvalue weighted by Crippen LogP contribution is 2.33. The number of nitrogens with one attached hydrogen (secondary N) is 1. The predicted octanol–water partition coefficient (Wildman–Crippen LogP) is 4.72. The molecule has 41 heavy (non-hydrogen) atoms. The second-order valence-corrected chi connectivity index (χ2v) is 12.4. The number of hydrogen-bond acceptors (Lipinski definition) is 5. The Labute approximate surface area is 243 Å². The Morgan fingerprint density at radius 1 is 0.976 bits per heavy atom. The average Bonchev–Trinajstić information content (AvgIpc) is 3.50. The lowest BCUT2D eigenvalue weighted by atomic mass is 10.1. The molecule has 0 heterocycles. The van der Waals surface area contributed by atoms with Gasteiger partial charge in [0, 0.05) is 12.6 Å². The normalized spacial score (nSPS) is 14.3. The molecule has 0 radical (unpaired) electrons. The van der Waals surface area contributed by atoms with Crippen molar-refractivity contribution in [2.75, 3.05) is 24.5 Å². The smallest absolute Gasteiger partial charge is 0.264 e. The first-order valence-corrected chi connectivity index (χ1v) is 15.5. The monoisotopic (exact) mass is 577 g/mol. The van der Waals surface area contributed by atoms with E-state index in [-0.39, 0.29) is 29.1 Å². The fourth-order valence-corrected chi connectivity index (χ4v) is 6.63. The van der Waals surface area contributed by atoms with Gasteiger partial charge in [-0.1, -0.05) is 67.4 Å². The number of carbonyl (C=O) groups excluding carboxylic acids is 2. The van der Waals surface area contributed by atoms with E-state index < -0.39 is 28.5 Å². The van der Waals surface area contributed by atoms with Gasteiger partial charge in [0.05, 0.1) is 17.7 Å². The average molecular weight is 578 g/mol. The molecule has 0 saturated heterocycles. The maximum absolute atomic E-state index is 14.1. The molecule has 8 nitrogen and oxygen atoms in total. The standard InChI is InChI=1S/C32H39N3O5S/c1-24-18-19-30(40-3)29(22-24)35(41(38,39)28-16-8-5-9-17-28)23-31(36)34(21-20-26-12-6-4-7-13-26)25(2)32(37)33-27-14-10-11-15-27/h4-9,12-13,16-19,22,25,27H,10-11,14-15,20-21,23H2,1-3H3,(H,33,37). The minimum Gasteiger partial charge on any atom is -0.495 e. The van der Waals surface area contributed by atoms with Crippen LogP contribution in [0.15, 0.2) is 83.8 Å². The third-order valence-electron chi connectivity index (χ3n) is 7.57. The molecule has 1 aliphatic carbocycles. The van der Waals surface area contributed by atoms with E-state index in [1.807, 2.05) is 43.3 Å². The van der Waals surface area contributed by atoms with E-state index in [1.165, 1.54) is 24.1 Å². The molecule has 1 unspecified atom stereocenters. The summed E-state index contributed by atoms with van der Waals surface area (Å²) in [6, 6.07) is 22.2. The van der Waals surface area contributed by atoms with Crippen LogP contribution in [0.4, 0.5) is 5.69 Å². The number of nitrogens with zero attached hydrogens (tertiary/aromatic N) is 2. The second-order valence-electron chi connectivity index (χ2n) is 10.5. The number of benzene rings is 3. The van der Waals surface area contributed by atoms with Crippen molar-refractivity contribution >= 4 is 27.5 Å². The summed E-state index contributed by atoms with van der Waals surface area (Å²) in [6.07, 6.45) is 4.51. The molecule has 0 aromatic heterocycles. The summed E-state index contributed by atoms with van der Waals surface area (Å²) in [6.45, 7) is 3.31. The molecule has 0 spiro atoms. The maximum Gasteiger partial charge on any atom is 0.264 e. The number of sulfonamides is 1. The molecular weight excluding hydrogens is 538 g/mol. The van der Waals surface area contributed by atoms with Crippen molar-refractivity contribution in [3.8, 4) is 5.75 Å². The molecule has 1 N–H and O–H groups in total. The zero-order valence-corrected chi connectivity index (χ0v) is 24.8. The van der Waals surface area contributed by atoms with Gasteiger partial charge >= 0.3 is 0 Å². The molecule has 1 aliphatic rings. The van der Waals surface area contributed by atoms with Gasteiger partial charge in [-0.15, -0.1) is 0 Å². The summed E-state index contributed by atoms with van der Waals surface area (Å²) in [5, 5.41) is 3.09. The van der Waals surface area contributed by atoms with Crippen LogP contribution in [-0.2, 0) is 26.0 Å². The van der Waals surface area contributed by atoms with Crippen molar-refractivity contribution in [3.63, 3.8) is 0 Å². The number of ether oxygens (including phenoxy) is 1. The van der Waals surface area contributed by atoms with Crippen LogP contribution in [0, 0.1) is 6.92 Å². The third-order valence-corrected chi connectivity index (χ3v) is 9.34. The van der Waals surface area contributed by atoms with Crippen LogP contribution < -0.4 is 14.4 Å². The van der Waals surface area contributed by atoms with Crippen LogP contribution >= 0.6 is 0 Å². The van der Waals surface area contributed by atoms with E-state index in [9.17, 15) is 18.0 Å². The molecule has 3 aromatic carbocycles. The van der Waals surface area contributed by atoms with E-state index in [2.05, 4.69) is 5.32 Å². The first-order valence-electron chi connectivity index (χ1n) is 14.1. The SMILES string of the molecule is COc1ccc(C)cc1N(CC(=O)N(CCc1ccccc1)C(C)C(=O)NC1CCCC1)S(=O)(=O)c1ccccc1. The summed E-state index contributed by atoms with van der Waals surface area (Å²) in [5.41, 5.74) is 2.09. The number of anilines is 1. The summed E-state index contributed by atoms with van der Waals surface area (Å²) >= 11 is 0. The molecular formula is C32H39N3O5S. The zero-order chi connectivity index (χ0) is 29.4. The Hall–Kier alpha value is -3.85. The summed E-state index contributed by atoms with van der Waals surface area (Å²) < 4.78 is 34.6. The van der Waals surface area contributed by atoms with Gasteiger partial charge in [0.1, 0.15) is 18.3 Å². The molecule has 0 bridgehead atoms. The van der Waals surface area contributed by atoms with E-state index in [1.54, 1.807) is 37.3 Å². The Bertz CT molecular complexity index is 1420. The van der Waals surface area contributed by atoms with Crippen molar-refractivity contribution in [3.05, 3.63) is 90.0 Å². The predicted molar refractivity (Wildman–Crippen MR) is 160 cm³/mol. The molecule has 0 aliphatic heterocycles. The van der Waals surface area contributed by atoms with Crippen molar-refractivity contribution in [2.45, 2.75) is 62.9 Å². The van der Waals surface area contributed by atoms with Crippen molar-refractivity contribution in [1.82, 2.24) is 10.2 Å². The lowest BCUT2D eigenvalue weighted by molar-refractivity contribution is -0.139. The number of hydrogen-bond donors (Lipinski definition) is 1. The molecule has 1 fully saturated rings. The molecule has 3 aromatic rings. The maximum atomic E-state index is 14.1. The molecule has 1 saturated carbocycles. The van der Waals surface area contributed by atoms with Gasteiger partial charge in [-0.05, 0) is 68.5 Å². The third kappa shape index (κ3) is 7.47. The van der Waals surface area contributed by atoms with E-state index in [0.717, 1.165) is 41.1 Å². The van der Waals surface area contributed by atoms with Crippen molar-refractivity contribution in [1.29, 1.82) is 0 Å². The van der Waals surface area contributed by atoms with Gasteiger partial charge in [-0.3, -0.25) is 13.9 Å². The Balaban J connectivity index is 1.69. The number of methoxy groups -OCH3 is 1. The summed E-state index contributed by atoms with van der Waals surface area (Å²) in [4.78, 5) is 29.0. The highest BCUT2D eigenvalue weighted by atomic mass is 32.2. The number of aryl methyl sites for hydroxylation is 1. The van der Waals surface area contributed by atoms with Crippen molar-refractivity contribution in [2.24, 2.45) is 0 Å². The van der Waals surface area contributed by atoms with Gasteiger partial charge in [0.2, 0.25) is 11.8 Å². The van der Waals surface area contributed by atoms with E-state index >= 15 is 0 Å². The number of rotatable bonds is 12. The van der Waals surface area contributed by atoms with Crippen LogP contribution in [-0.4, -0.2) is 57.4 Å². The molecule has 9 heteroatoms. The fourth-order valence-electron chi connectivity index (χ4n) is 5.19. The van der Waals surface area contributed by atoms with Crippen LogP contribution in [0.25, 0.3) is 0 Å². The van der Waals surface area contributed by atoms with Crippen LogP contribution in [0.3, 0.4) is 0 Å². The highest BCUT2D eigenvalue weighted by Gasteiger charge is 2.34.